The number of nitrogens with zero attached hydrogens (tertiary/aromatic N) is 4. The Hall–Kier alpha value is -3.36. The summed E-state index contributed by atoms with van der Waals surface area (Å²) in [6, 6.07) is 10.2. The van der Waals surface area contributed by atoms with Crippen LogP contribution < -0.4 is 4.90 Å². The van der Waals surface area contributed by atoms with Gasteiger partial charge in [-0.2, -0.15) is 13.2 Å². The van der Waals surface area contributed by atoms with Gasteiger partial charge in [0.15, 0.2) is 15.6 Å². The number of carbonyl (C=O) groups excluding carboxylic acids is 3. The fourth-order valence-corrected chi connectivity index (χ4v) is 6.38. The van der Waals surface area contributed by atoms with Crippen molar-refractivity contribution in [1.82, 2.24) is 14.7 Å². The minimum Gasteiger partial charge on any atom is -0.322 e. The molecule has 2 aromatic carbocycles. The number of sulfone groups is 1. The van der Waals surface area contributed by atoms with Crippen molar-refractivity contribution in [2.75, 3.05) is 62.2 Å². The smallest absolute Gasteiger partial charge is 0.322 e. The number of likely N-dealkylation sites (N-methyl/N-ethyl adjacent to an activating group) is 1. The third-order valence-corrected chi connectivity index (χ3v) is 9.62. The number of urea groups is 1. The third kappa shape index (κ3) is 8.85. The molecule has 0 bridgehead atoms. The molecule has 0 N–H and O–H groups in total. The van der Waals surface area contributed by atoms with Crippen molar-refractivity contribution < 1.29 is 40.4 Å². The largest absolute Gasteiger partial charge is 0.449 e. The molecule has 0 spiro atoms. The molecule has 2 fully saturated rings. The van der Waals surface area contributed by atoms with Crippen LogP contribution in [0, 0.1) is 5.82 Å². The Morgan fingerprint density at radius 2 is 1.48 bits per heavy atom. The molecule has 2 aliphatic heterocycles. The number of alkyl halides is 3. The van der Waals surface area contributed by atoms with Gasteiger partial charge in [-0.25, -0.2) is 17.6 Å². The lowest BCUT2D eigenvalue weighted by molar-refractivity contribution is -0.170. The number of hydrogen-bond acceptors (Lipinski definition) is 7. The van der Waals surface area contributed by atoms with Crippen LogP contribution in [0.2, 0.25) is 0 Å². The number of benzene rings is 2. The van der Waals surface area contributed by atoms with Crippen molar-refractivity contribution >= 4 is 33.1 Å². The van der Waals surface area contributed by atoms with Crippen molar-refractivity contribution in [3.63, 3.8) is 0 Å². The Morgan fingerprint density at radius 1 is 0.864 bits per heavy atom. The van der Waals surface area contributed by atoms with Gasteiger partial charge in [-0.3, -0.25) is 19.4 Å². The predicted molar refractivity (Wildman–Crippen MR) is 157 cm³/mol. The second-order valence-electron chi connectivity index (χ2n) is 11.0. The minimum absolute atomic E-state index is 0.00788. The highest BCUT2D eigenvalue weighted by molar-refractivity contribution is 7.91. The normalized spacial score (nSPS) is 17.8. The van der Waals surface area contributed by atoms with Crippen LogP contribution in [0.1, 0.15) is 41.3 Å². The first kappa shape index (κ1) is 33.5. The van der Waals surface area contributed by atoms with E-state index in [1.807, 2.05) is 12.1 Å². The summed E-state index contributed by atoms with van der Waals surface area (Å²) in [4.78, 5) is 44.6. The van der Waals surface area contributed by atoms with Crippen LogP contribution >= 0.6 is 0 Å². The van der Waals surface area contributed by atoms with Crippen molar-refractivity contribution in [2.45, 2.75) is 39.0 Å². The Morgan fingerprint density at radius 3 is 2.05 bits per heavy atom. The molecule has 0 radical (unpaired) electrons. The average Bonchev–Trinajstić information content (AvgIpc) is 2.99. The molecule has 0 atom stereocenters. The van der Waals surface area contributed by atoms with E-state index >= 15 is 4.39 Å². The van der Waals surface area contributed by atoms with Gasteiger partial charge >= 0.3 is 12.2 Å². The van der Waals surface area contributed by atoms with Gasteiger partial charge in [-0.05, 0) is 30.3 Å². The lowest BCUT2D eigenvalue weighted by atomic mass is 10.0. The second kappa shape index (κ2) is 14.2. The molecule has 0 aliphatic carbocycles. The fraction of sp³-hybridized carbons (Fsp3) is 0.500. The summed E-state index contributed by atoms with van der Waals surface area (Å²) >= 11 is 0. The van der Waals surface area contributed by atoms with E-state index in [9.17, 15) is 36.0 Å². The molecule has 4 rings (SSSR count). The SMILES string of the molecule is CCN1CCN(Cc2ccc(N(Cc3ccc(C(=O)CCC(=O)C(F)(F)F)cc3F)C(=O)N3CCS(=O)(=O)CC3)cc2)CC1. The van der Waals surface area contributed by atoms with Crippen LogP contribution in [0.4, 0.5) is 28.0 Å². The van der Waals surface area contributed by atoms with Crippen molar-refractivity contribution in [3.05, 3.63) is 65.0 Å². The van der Waals surface area contributed by atoms with E-state index in [4.69, 9.17) is 0 Å². The van der Waals surface area contributed by atoms with Crippen LogP contribution in [0.5, 0.6) is 0 Å². The van der Waals surface area contributed by atoms with E-state index in [2.05, 4.69) is 16.7 Å². The molecule has 240 valence electrons. The number of Topliss-reactive ketones (excluding diaryl/α,β-unsaturated/α-hetero) is 2. The zero-order valence-corrected chi connectivity index (χ0v) is 25.3. The van der Waals surface area contributed by atoms with Crippen LogP contribution in [0.3, 0.4) is 0 Å². The number of piperazine rings is 1. The van der Waals surface area contributed by atoms with Gasteiger partial charge in [0.25, 0.3) is 0 Å². The fourth-order valence-electron chi connectivity index (χ4n) is 5.18. The molecule has 2 amide bonds. The van der Waals surface area contributed by atoms with Gasteiger partial charge < -0.3 is 9.80 Å². The highest BCUT2D eigenvalue weighted by atomic mass is 32.2. The van der Waals surface area contributed by atoms with E-state index in [1.54, 1.807) is 12.1 Å². The topological polar surface area (TPSA) is 98.3 Å². The summed E-state index contributed by atoms with van der Waals surface area (Å²) in [5, 5.41) is 0. The maximum absolute atomic E-state index is 15.2. The minimum atomic E-state index is -5.05. The third-order valence-electron chi connectivity index (χ3n) is 8.01. The van der Waals surface area contributed by atoms with E-state index < -0.39 is 52.3 Å². The van der Waals surface area contributed by atoms with Gasteiger partial charge in [-0.15, -0.1) is 0 Å². The zero-order chi connectivity index (χ0) is 32.1. The lowest BCUT2D eigenvalue weighted by Crippen LogP contribution is -2.49. The number of anilines is 1. The van der Waals surface area contributed by atoms with Gasteiger partial charge in [0, 0.05) is 75.5 Å². The van der Waals surface area contributed by atoms with Crippen LogP contribution in [0.15, 0.2) is 42.5 Å². The number of halogens is 4. The number of amides is 2. The first-order chi connectivity index (χ1) is 20.8. The summed E-state index contributed by atoms with van der Waals surface area (Å²) in [6.45, 7) is 7.48. The van der Waals surface area contributed by atoms with Crippen molar-refractivity contribution in [2.24, 2.45) is 0 Å². The summed E-state index contributed by atoms with van der Waals surface area (Å²) in [5.74, 6) is -4.06. The highest BCUT2D eigenvalue weighted by Gasteiger charge is 2.37. The first-order valence-corrected chi connectivity index (χ1v) is 16.3. The molecule has 2 heterocycles. The molecule has 0 aromatic heterocycles. The predicted octanol–water partition coefficient (Wildman–Crippen LogP) is 3.91. The Balaban J connectivity index is 1.50. The van der Waals surface area contributed by atoms with E-state index in [0.717, 1.165) is 50.9 Å². The Labute approximate surface area is 254 Å². The molecule has 0 unspecified atom stereocenters. The number of rotatable bonds is 10. The number of carbonyl (C=O) groups is 3. The highest BCUT2D eigenvalue weighted by Crippen LogP contribution is 2.25. The number of hydrogen-bond donors (Lipinski definition) is 0. The van der Waals surface area contributed by atoms with Crippen LogP contribution in [0.25, 0.3) is 0 Å². The Kier molecular flexibility index (Phi) is 10.8. The monoisotopic (exact) mass is 640 g/mol. The van der Waals surface area contributed by atoms with E-state index in [0.29, 0.717) is 5.69 Å². The second-order valence-corrected chi connectivity index (χ2v) is 13.3. The first-order valence-electron chi connectivity index (χ1n) is 14.5. The number of ketones is 2. The molecular weight excluding hydrogens is 604 g/mol. The lowest BCUT2D eigenvalue weighted by Gasteiger charge is -2.34. The molecule has 2 saturated heterocycles. The van der Waals surface area contributed by atoms with Crippen LogP contribution in [-0.4, -0.2) is 104 Å². The molecule has 9 nitrogen and oxygen atoms in total. The maximum atomic E-state index is 15.2. The van der Waals surface area contributed by atoms with E-state index in [-0.39, 0.29) is 42.3 Å². The molecule has 0 saturated carbocycles. The van der Waals surface area contributed by atoms with Crippen molar-refractivity contribution in [3.8, 4) is 0 Å². The van der Waals surface area contributed by atoms with Gasteiger partial charge in [0.2, 0.25) is 5.78 Å². The summed E-state index contributed by atoms with van der Waals surface area (Å²) in [5.41, 5.74) is 1.36. The molecule has 14 heteroatoms. The zero-order valence-electron chi connectivity index (χ0n) is 24.5. The standard InChI is InChI=1S/C30H36F4N4O5S/c1-2-35-11-13-36(14-12-35)20-22-3-7-25(8-4-22)38(29(41)37-15-17-44(42,43)18-16-37)21-24-6-5-23(19-26(24)31)27(39)9-10-28(40)30(32,33)34/h3-8,19H,2,9-18,20-21H2,1H3. The van der Waals surface area contributed by atoms with Crippen molar-refractivity contribution in [1.29, 1.82) is 0 Å². The summed E-state index contributed by atoms with van der Waals surface area (Å²) in [6.07, 6.45) is -6.81. The Bertz CT molecular complexity index is 1440. The van der Waals surface area contributed by atoms with E-state index in [1.165, 1.54) is 21.9 Å². The van der Waals surface area contributed by atoms with Crippen LogP contribution in [-0.2, 0) is 27.7 Å². The van der Waals surface area contributed by atoms with Gasteiger partial charge in [0.05, 0.1) is 18.1 Å². The quantitative estimate of drug-likeness (QED) is 0.287. The average molecular weight is 641 g/mol. The molecule has 2 aliphatic rings. The maximum Gasteiger partial charge on any atom is 0.449 e. The molecular formula is C30H36F4N4O5S. The summed E-state index contributed by atoms with van der Waals surface area (Å²) in [7, 11) is -3.26. The summed E-state index contributed by atoms with van der Waals surface area (Å²) < 4.78 is 76.5. The van der Waals surface area contributed by atoms with Gasteiger partial charge in [0.1, 0.15) is 5.82 Å². The molecule has 2 aromatic rings. The van der Waals surface area contributed by atoms with Gasteiger partial charge in [-0.1, -0.05) is 31.2 Å². The molecule has 44 heavy (non-hydrogen) atoms.